The minimum Gasteiger partial charge on any atom is -0.380 e. The Balaban J connectivity index is 0.000000563. The largest absolute Gasteiger partial charge is 0.380 e. The summed E-state index contributed by atoms with van der Waals surface area (Å²) in [6.45, 7) is 43.4. The third kappa shape index (κ3) is 71.7. The molecule has 2 aromatic carbocycles. The van der Waals surface area contributed by atoms with Crippen LogP contribution in [0.25, 0.3) is 0 Å². The third-order valence-electron chi connectivity index (χ3n) is 20.7. The molecule has 0 spiro atoms. The molecule has 0 radical (unpaired) electrons. The minimum atomic E-state index is 0.525. The van der Waals surface area contributed by atoms with Crippen LogP contribution >= 0.6 is 0 Å². The molecule has 4 atom stereocenters. The van der Waals surface area contributed by atoms with E-state index in [-0.39, 0.29) is 0 Å². The van der Waals surface area contributed by atoms with E-state index in [1.807, 2.05) is 86.8 Å². The molecule has 11 fully saturated rings. The molecule has 105 heavy (non-hydrogen) atoms. The second kappa shape index (κ2) is 73.2. The summed E-state index contributed by atoms with van der Waals surface area (Å²) in [5.74, 6) is 3.93. The molecule has 12 nitrogen and oxygen atoms in total. The number of aryl methyl sites for hydroxylation is 4. The fourth-order valence-electron chi connectivity index (χ4n) is 13.3. The van der Waals surface area contributed by atoms with Gasteiger partial charge in [0, 0.05) is 57.2 Å². The lowest BCUT2D eigenvalue weighted by Gasteiger charge is -2.20. The Labute approximate surface area is 651 Å². The van der Waals surface area contributed by atoms with Crippen LogP contribution in [0.4, 0.5) is 0 Å². The van der Waals surface area contributed by atoms with E-state index in [4.69, 9.17) is 14.2 Å². The first kappa shape index (κ1) is 99.3. The normalized spacial score (nSPS) is 22.9. The van der Waals surface area contributed by atoms with Crippen LogP contribution in [0, 0.1) is 51.4 Å². The van der Waals surface area contributed by atoms with Crippen molar-refractivity contribution in [3.8, 4) is 0 Å². The summed E-state index contributed by atoms with van der Waals surface area (Å²) in [4.78, 5) is 19.7. The molecule has 0 amide bonds. The van der Waals surface area contributed by atoms with Crippen LogP contribution in [0.5, 0.6) is 0 Å². The van der Waals surface area contributed by atoms with Gasteiger partial charge in [0.25, 0.3) is 0 Å². The highest BCUT2D eigenvalue weighted by Gasteiger charge is 2.11. The van der Waals surface area contributed by atoms with Gasteiger partial charge in [-0.2, -0.15) is 0 Å². The highest BCUT2D eigenvalue weighted by Crippen LogP contribution is 2.23. The molecule has 4 aromatic rings. The Bertz CT molecular complexity index is 1940. The molecule has 2 aromatic heterocycles. The highest BCUT2D eigenvalue weighted by atomic mass is 16.5. The van der Waals surface area contributed by atoms with Crippen molar-refractivity contribution in [2.75, 3.05) is 153 Å². The van der Waals surface area contributed by atoms with Gasteiger partial charge in [0.15, 0.2) is 0 Å². The minimum absolute atomic E-state index is 0.525. The van der Waals surface area contributed by atoms with Crippen LogP contribution < -0.4 is 10.6 Å². The van der Waals surface area contributed by atoms with E-state index >= 15 is 0 Å². The van der Waals surface area contributed by atoms with Crippen molar-refractivity contribution in [1.82, 2.24) is 45.1 Å². The van der Waals surface area contributed by atoms with Crippen LogP contribution in [0.15, 0.2) is 110 Å². The summed E-state index contributed by atoms with van der Waals surface area (Å²) in [7, 11) is 10.9. The lowest BCUT2D eigenvalue weighted by Crippen LogP contribution is -2.27. The van der Waals surface area contributed by atoms with Gasteiger partial charge in [0.1, 0.15) is 0 Å². The van der Waals surface area contributed by atoms with Gasteiger partial charge >= 0.3 is 0 Å². The van der Waals surface area contributed by atoms with Gasteiger partial charge in [0.05, 0.1) is 18.8 Å². The van der Waals surface area contributed by atoms with Crippen LogP contribution in [-0.4, -0.2) is 200 Å². The van der Waals surface area contributed by atoms with Crippen molar-refractivity contribution in [3.63, 3.8) is 0 Å². The average molecular weight is 1460 g/mol. The maximum Gasteiger partial charge on any atom is 0.0593 e. The third-order valence-corrected chi connectivity index (χ3v) is 20.7. The number of nitrogens with one attached hydrogen (secondary N) is 2. The van der Waals surface area contributed by atoms with Crippen molar-refractivity contribution < 1.29 is 14.2 Å². The molecule has 2 N–H and O–H groups in total. The lowest BCUT2D eigenvalue weighted by molar-refractivity contribution is 0.0285. The van der Waals surface area contributed by atoms with E-state index in [2.05, 4.69) is 160 Å². The Hall–Kier alpha value is -3.66. The van der Waals surface area contributed by atoms with E-state index in [1.54, 1.807) is 12.4 Å². The number of piperidine rings is 4. The van der Waals surface area contributed by atoms with Gasteiger partial charge in [-0.3, -0.25) is 9.97 Å². The van der Waals surface area contributed by atoms with Gasteiger partial charge in [-0.1, -0.05) is 208 Å². The van der Waals surface area contributed by atoms with E-state index < -0.39 is 0 Å². The molecule has 9 saturated heterocycles. The zero-order chi connectivity index (χ0) is 76.7. The fourth-order valence-corrected chi connectivity index (χ4v) is 13.3. The summed E-state index contributed by atoms with van der Waals surface area (Å²) in [6.07, 6.45) is 51.5. The van der Waals surface area contributed by atoms with Gasteiger partial charge in [-0.05, 0) is 312 Å². The Morgan fingerprint density at radius 3 is 0.933 bits per heavy atom. The lowest BCUT2D eigenvalue weighted by atomic mass is 9.91. The topological polar surface area (TPSA) is 93.7 Å². The number of benzene rings is 2. The van der Waals surface area contributed by atoms with Crippen molar-refractivity contribution in [2.45, 2.75) is 287 Å². The monoisotopic (exact) mass is 1460 g/mol. The second-order valence-electron chi connectivity index (χ2n) is 32.4. The molecule has 2 saturated carbocycles. The predicted octanol–water partition coefficient (Wildman–Crippen LogP) is 21.5. The second-order valence-corrected chi connectivity index (χ2v) is 32.4. The number of ether oxygens (including phenoxy) is 3. The van der Waals surface area contributed by atoms with E-state index in [0.29, 0.717) is 12.2 Å². The number of hydrogen-bond donors (Lipinski definition) is 2. The first-order valence-corrected chi connectivity index (χ1v) is 43.3. The molecule has 2 aliphatic carbocycles. The quantitative estimate of drug-likeness (QED) is 0.176. The Kier molecular flexibility index (Phi) is 69.2. The Morgan fingerprint density at radius 2 is 0.667 bits per heavy atom. The molecular formula is C93H171N9O3. The molecule has 606 valence electrons. The summed E-state index contributed by atoms with van der Waals surface area (Å²) in [5, 5.41) is 6.61. The van der Waals surface area contributed by atoms with Crippen molar-refractivity contribution in [1.29, 1.82) is 0 Å². The van der Waals surface area contributed by atoms with Crippen LogP contribution in [-0.2, 0) is 14.2 Å². The van der Waals surface area contributed by atoms with Gasteiger partial charge in [-0.25, -0.2) is 0 Å². The fraction of sp³-hybridized carbons (Fsp3) is 0.763. The molecule has 4 unspecified atom stereocenters. The number of aromatic nitrogens is 2. The number of pyridine rings is 2. The molecule has 9 aliphatic heterocycles. The summed E-state index contributed by atoms with van der Waals surface area (Å²) in [5.41, 5.74) is 4.93. The Morgan fingerprint density at radius 1 is 0.305 bits per heavy atom. The summed E-state index contributed by atoms with van der Waals surface area (Å²) < 4.78 is 15.9. The molecule has 11 aliphatic rings. The van der Waals surface area contributed by atoms with Gasteiger partial charge in [0.2, 0.25) is 0 Å². The zero-order valence-corrected chi connectivity index (χ0v) is 71.6. The molecular weight excluding hydrogens is 1290 g/mol. The van der Waals surface area contributed by atoms with E-state index in [0.717, 1.165) is 62.3 Å². The standard InChI is InChI=1S/C7H14O.2C7H14.2C7H8.C6H13NO.C6H13N.C6H7N.3C6H13N.C6H7N.C6H12O.2C5H11N/c1-7-5-3-2-4-6-8-7;4*1-7-5-3-2-4-6-7;1-7-3-2-5-8-6-4-7;2*1-6-3-2-4-7-5-6;3*1-7-5-3-2-4-6-7;2*1-6-4-2-3-5-7-6;1-5-2-3-6-4-5;1-6-4-2-3-5-6/h7H,2-6H2,1H3;2*7H,2-6H2,1H3;2*2-6H,1H3;2-6H2,1H3;6-7H,2-5H2,1H3;2-5H,1H3;3*2-6H2,1H3;2-5H,1H3;6H,2-5H2,1H3;5-6H,2-4H2,1H3;2-5H2,1H3. The van der Waals surface area contributed by atoms with Crippen molar-refractivity contribution in [2.24, 2.45) is 23.7 Å². The first-order valence-electron chi connectivity index (χ1n) is 43.3. The summed E-state index contributed by atoms with van der Waals surface area (Å²) in [6, 6.07) is 30.3. The van der Waals surface area contributed by atoms with Crippen LogP contribution in [0.1, 0.15) is 269 Å². The number of likely N-dealkylation sites (tertiary alicyclic amines) is 4. The number of rotatable bonds is 0. The van der Waals surface area contributed by atoms with Crippen LogP contribution in [0.3, 0.4) is 0 Å². The maximum atomic E-state index is 5.40. The van der Waals surface area contributed by atoms with Gasteiger partial charge < -0.3 is 49.3 Å². The zero-order valence-electron chi connectivity index (χ0n) is 71.6. The number of nitrogens with zero attached hydrogens (tertiary/aromatic N) is 7. The first-order chi connectivity index (χ1) is 50.9. The molecule has 15 rings (SSSR count). The summed E-state index contributed by atoms with van der Waals surface area (Å²) >= 11 is 0. The van der Waals surface area contributed by atoms with Crippen LogP contribution in [0.2, 0.25) is 0 Å². The average Bonchev–Trinajstić information content (AvgIpc) is 4.41. The van der Waals surface area contributed by atoms with E-state index in [1.165, 1.54) is 307 Å². The van der Waals surface area contributed by atoms with Gasteiger partial charge in [-0.15, -0.1) is 0 Å². The predicted molar refractivity (Wildman–Crippen MR) is 460 cm³/mol. The smallest absolute Gasteiger partial charge is 0.0593 e. The number of likely N-dealkylation sites (N-methyl/N-ethyl adjacent to an activating group) is 1. The van der Waals surface area contributed by atoms with E-state index in [9.17, 15) is 0 Å². The molecule has 0 bridgehead atoms. The van der Waals surface area contributed by atoms with Crippen molar-refractivity contribution >= 4 is 0 Å². The molecule has 11 heterocycles. The van der Waals surface area contributed by atoms with Crippen molar-refractivity contribution in [3.05, 3.63) is 132 Å². The highest BCUT2D eigenvalue weighted by molar-refractivity contribution is 5.12. The SMILES string of the molecule is CC1CCCCC1.CC1CCCCC1.CC1CCCCCO1.CC1CCCCO1.CC1CCCNC1.CC1CCNC1.CN1CCCC1.CN1CCCCC1.CN1CCCCC1.CN1CCCCC1.CN1CCCOCC1.Cc1ccccc1.Cc1ccccc1.Cc1ccccn1.Cc1cccnc1. The number of hydrogen-bond acceptors (Lipinski definition) is 12. The molecule has 12 heteroatoms. The maximum absolute atomic E-state index is 5.40.